The Morgan fingerprint density at radius 1 is 1.43 bits per heavy atom. The SMILES string of the molecule is CCCOc1ccc(C(C)NC(=O)CC2COCCN2)cc1.Cl. The number of amides is 1. The van der Waals surface area contributed by atoms with Crippen LogP contribution in [0.3, 0.4) is 0 Å². The van der Waals surface area contributed by atoms with Gasteiger partial charge in [0, 0.05) is 19.0 Å². The van der Waals surface area contributed by atoms with E-state index in [-0.39, 0.29) is 30.4 Å². The van der Waals surface area contributed by atoms with Gasteiger partial charge in [0.25, 0.3) is 0 Å². The third kappa shape index (κ3) is 6.77. The van der Waals surface area contributed by atoms with Crippen LogP contribution in [0.5, 0.6) is 5.75 Å². The van der Waals surface area contributed by atoms with Crippen LogP contribution in [0.1, 0.15) is 38.3 Å². The summed E-state index contributed by atoms with van der Waals surface area (Å²) in [6, 6.07) is 7.99. The lowest BCUT2D eigenvalue weighted by Gasteiger charge is -2.24. The fourth-order valence-corrected chi connectivity index (χ4v) is 2.43. The van der Waals surface area contributed by atoms with E-state index in [4.69, 9.17) is 9.47 Å². The molecule has 23 heavy (non-hydrogen) atoms. The first-order valence-electron chi connectivity index (χ1n) is 8.02. The van der Waals surface area contributed by atoms with E-state index in [0.29, 0.717) is 13.0 Å². The Morgan fingerprint density at radius 2 is 2.17 bits per heavy atom. The monoisotopic (exact) mass is 342 g/mol. The molecule has 130 valence electrons. The van der Waals surface area contributed by atoms with E-state index < -0.39 is 0 Å². The molecular weight excluding hydrogens is 316 g/mol. The smallest absolute Gasteiger partial charge is 0.222 e. The molecule has 0 spiro atoms. The molecule has 1 aromatic carbocycles. The summed E-state index contributed by atoms with van der Waals surface area (Å²) in [6.07, 6.45) is 1.44. The quantitative estimate of drug-likeness (QED) is 0.799. The second-order valence-electron chi connectivity index (χ2n) is 5.64. The first-order valence-corrected chi connectivity index (χ1v) is 8.02. The maximum absolute atomic E-state index is 12.1. The van der Waals surface area contributed by atoms with Crippen LogP contribution < -0.4 is 15.4 Å². The Kier molecular flexibility index (Phi) is 8.99. The number of halogens is 1. The van der Waals surface area contributed by atoms with Crippen LogP contribution in [0.25, 0.3) is 0 Å². The number of rotatable bonds is 7. The van der Waals surface area contributed by atoms with E-state index in [9.17, 15) is 4.79 Å². The van der Waals surface area contributed by atoms with Gasteiger partial charge in [-0.05, 0) is 31.0 Å². The van der Waals surface area contributed by atoms with Crippen LogP contribution in [-0.4, -0.2) is 38.3 Å². The molecule has 0 aromatic heterocycles. The van der Waals surface area contributed by atoms with E-state index in [1.165, 1.54) is 0 Å². The molecule has 5 nitrogen and oxygen atoms in total. The molecular formula is C17H27ClN2O3. The van der Waals surface area contributed by atoms with Crippen molar-refractivity contribution in [2.24, 2.45) is 0 Å². The number of benzene rings is 1. The molecule has 1 heterocycles. The predicted octanol–water partition coefficient (Wildman–Crippen LogP) is 2.45. The van der Waals surface area contributed by atoms with Gasteiger partial charge in [-0.2, -0.15) is 0 Å². The van der Waals surface area contributed by atoms with E-state index in [1.807, 2.05) is 31.2 Å². The van der Waals surface area contributed by atoms with Crippen LogP contribution in [0.15, 0.2) is 24.3 Å². The van der Waals surface area contributed by atoms with Crippen LogP contribution in [0, 0.1) is 0 Å². The summed E-state index contributed by atoms with van der Waals surface area (Å²) >= 11 is 0. The molecule has 0 radical (unpaired) electrons. The summed E-state index contributed by atoms with van der Waals surface area (Å²) in [7, 11) is 0. The fourth-order valence-electron chi connectivity index (χ4n) is 2.43. The minimum absolute atomic E-state index is 0. The summed E-state index contributed by atoms with van der Waals surface area (Å²) < 4.78 is 10.9. The van der Waals surface area contributed by atoms with Crippen molar-refractivity contribution in [3.63, 3.8) is 0 Å². The molecule has 2 atom stereocenters. The summed E-state index contributed by atoms with van der Waals surface area (Å²) in [5.74, 6) is 0.912. The number of carbonyl (C=O) groups is 1. The Hall–Kier alpha value is -1.30. The van der Waals surface area contributed by atoms with Gasteiger partial charge in [-0.25, -0.2) is 0 Å². The molecule has 0 aliphatic carbocycles. The van der Waals surface area contributed by atoms with Gasteiger partial charge in [0.2, 0.25) is 5.91 Å². The van der Waals surface area contributed by atoms with Gasteiger partial charge in [0.15, 0.2) is 0 Å². The van der Waals surface area contributed by atoms with Gasteiger partial charge in [-0.15, -0.1) is 12.4 Å². The molecule has 1 amide bonds. The lowest BCUT2D eigenvalue weighted by Crippen LogP contribution is -2.44. The molecule has 0 bridgehead atoms. The van der Waals surface area contributed by atoms with Crippen molar-refractivity contribution in [2.45, 2.75) is 38.8 Å². The van der Waals surface area contributed by atoms with Crippen LogP contribution >= 0.6 is 12.4 Å². The summed E-state index contributed by atoms with van der Waals surface area (Å²) in [5, 5.41) is 6.32. The second-order valence-corrected chi connectivity index (χ2v) is 5.64. The van der Waals surface area contributed by atoms with E-state index in [2.05, 4.69) is 17.6 Å². The summed E-state index contributed by atoms with van der Waals surface area (Å²) in [6.45, 7) is 6.93. The molecule has 2 rings (SSSR count). The molecule has 1 aliphatic rings. The zero-order valence-corrected chi connectivity index (χ0v) is 14.7. The summed E-state index contributed by atoms with van der Waals surface area (Å²) in [4.78, 5) is 12.1. The zero-order valence-electron chi connectivity index (χ0n) is 13.8. The van der Waals surface area contributed by atoms with Gasteiger partial charge < -0.3 is 20.1 Å². The molecule has 1 aromatic rings. The topological polar surface area (TPSA) is 59.6 Å². The van der Waals surface area contributed by atoms with Gasteiger partial charge in [-0.1, -0.05) is 19.1 Å². The first kappa shape index (κ1) is 19.7. The zero-order chi connectivity index (χ0) is 15.8. The Morgan fingerprint density at radius 3 is 2.78 bits per heavy atom. The van der Waals surface area contributed by atoms with E-state index in [0.717, 1.165) is 37.5 Å². The molecule has 6 heteroatoms. The van der Waals surface area contributed by atoms with Crippen molar-refractivity contribution in [3.8, 4) is 5.75 Å². The molecule has 2 N–H and O–H groups in total. The Bertz CT molecular complexity index is 461. The number of hydrogen-bond acceptors (Lipinski definition) is 4. The van der Waals surface area contributed by atoms with Crippen LogP contribution in [0.4, 0.5) is 0 Å². The number of nitrogens with one attached hydrogen (secondary N) is 2. The highest BCUT2D eigenvalue weighted by molar-refractivity contribution is 5.85. The molecule has 1 aliphatic heterocycles. The summed E-state index contributed by atoms with van der Waals surface area (Å²) in [5.41, 5.74) is 1.07. The van der Waals surface area contributed by atoms with E-state index in [1.54, 1.807) is 0 Å². The highest BCUT2D eigenvalue weighted by Crippen LogP contribution is 2.18. The second kappa shape index (κ2) is 10.5. The lowest BCUT2D eigenvalue weighted by atomic mass is 10.1. The third-order valence-electron chi connectivity index (χ3n) is 3.66. The van der Waals surface area contributed by atoms with Crippen molar-refractivity contribution >= 4 is 18.3 Å². The maximum atomic E-state index is 12.1. The standard InChI is InChI=1S/C17H26N2O3.ClH/c1-3-9-22-16-6-4-14(5-7-16)13(2)19-17(20)11-15-12-21-10-8-18-15;/h4-7,13,15,18H,3,8-12H2,1-2H3,(H,19,20);1H. The maximum Gasteiger partial charge on any atom is 0.222 e. The van der Waals surface area contributed by atoms with E-state index >= 15 is 0 Å². The molecule has 0 saturated carbocycles. The normalized spacial score (nSPS) is 18.6. The van der Waals surface area contributed by atoms with Crippen molar-refractivity contribution < 1.29 is 14.3 Å². The average Bonchev–Trinajstić information content (AvgIpc) is 2.54. The highest BCUT2D eigenvalue weighted by atomic mass is 35.5. The van der Waals surface area contributed by atoms with Crippen molar-refractivity contribution in [2.75, 3.05) is 26.4 Å². The molecule has 2 unspecified atom stereocenters. The Labute approximate surface area is 144 Å². The lowest BCUT2D eigenvalue weighted by molar-refractivity contribution is -0.122. The van der Waals surface area contributed by atoms with Crippen molar-refractivity contribution in [1.82, 2.24) is 10.6 Å². The average molecular weight is 343 g/mol. The van der Waals surface area contributed by atoms with Crippen molar-refractivity contribution in [1.29, 1.82) is 0 Å². The molecule has 1 fully saturated rings. The van der Waals surface area contributed by atoms with Crippen LogP contribution in [-0.2, 0) is 9.53 Å². The number of carbonyl (C=O) groups excluding carboxylic acids is 1. The predicted molar refractivity (Wildman–Crippen MR) is 93.3 cm³/mol. The Balaban J connectivity index is 0.00000264. The van der Waals surface area contributed by atoms with Gasteiger partial charge in [-0.3, -0.25) is 4.79 Å². The number of morpholine rings is 1. The molecule has 1 saturated heterocycles. The number of ether oxygens (including phenoxy) is 2. The first-order chi connectivity index (χ1) is 10.7. The fraction of sp³-hybridized carbons (Fsp3) is 0.588. The highest BCUT2D eigenvalue weighted by Gasteiger charge is 2.18. The minimum atomic E-state index is -0.0164. The van der Waals surface area contributed by atoms with Gasteiger partial charge in [0.05, 0.1) is 25.9 Å². The van der Waals surface area contributed by atoms with Crippen LogP contribution in [0.2, 0.25) is 0 Å². The van der Waals surface area contributed by atoms with Gasteiger partial charge >= 0.3 is 0 Å². The third-order valence-corrected chi connectivity index (χ3v) is 3.66. The van der Waals surface area contributed by atoms with Crippen molar-refractivity contribution in [3.05, 3.63) is 29.8 Å². The number of hydrogen-bond donors (Lipinski definition) is 2. The van der Waals surface area contributed by atoms with Gasteiger partial charge in [0.1, 0.15) is 5.75 Å². The largest absolute Gasteiger partial charge is 0.494 e. The minimum Gasteiger partial charge on any atom is -0.494 e.